The lowest BCUT2D eigenvalue weighted by atomic mass is 10.3. The van der Waals surface area contributed by atoms with Crippen LogP contribution in [0.25, 0.3) is 0 Å². The van der Waals surface area contributed by atoms with Crippen LogP contribution in [0.1, 0.15) is 25.6 Å². The summed E-state index contributed by atoms with van der Waals surface area (Å²) in [6.45, 7) is 4.22. The highest BCUT2D eigenvalue weighted by Gasteiger charge is 2.09. The lowest BCUT2D eigenvalue weighted by Gasteiger charge is -2.09. The van der Waals surface area contributed by atoms with Gasteiger partial charge in [0.25, 0.3) is 0 Å². The minimum Gasteiger partial charge on any atom is -0.266 e. The van der Waals surface area contributed by atoms with Gasteiger partial charge in [0.05, 0.1) is 16.4 Å². The lowest BCUT2D eigenvalue weighted by molar-refractivity contribution is 0.511. The molecule has 0 unspecified atom stereocenters. The highest BCUT2D eigenvalue weighted by Crippen LogP contribution is 2.20. The van der Waals surface area contributed by atoms with Gasteiger partial charge in [-0.1, -0.05) is 0 Å². The van der Waals surface area contributed by atoms with Crippen LogP contribution in [-0.2, 0) is 6.42 Å². The second kappa shape index (κ2) is 4.28. The first-order valence-electron chi connectivity index (χ1n) is 3.94. The fourth-order valence-corrected chi connectivity index (χ4v) is 1.79. The third kappa shape index (κ3) is 2.02. The van der Waals surface area contributed by atoms with E-state index in [0.717, 1.165) is 10.9 Å². The van der Waals surface area contributed by atoms with Crippen molar-refractivity contribution in [2.24, 2.45) is 0 Å². The summed E-state index contributed by atoms with van der Waals surface area (Å²) in [5.74, 6) is 0.636. The molecular formula is C8H12BrClN2. The lowest BCUT2D eigenvalue weighted by Crippen LogP contribution is -2.08. The second-order valence-corrected chi connectivity index (χ2v) is 4.15. The van der Waals surface area contributed by atoms with E-state index in [2.05, 4.69) is 34.9 Å². The number of hydrogen-bond acceptors (Lipinski definition) is 1. The van der Waals surface area contributed by atoms with Crippen LogP contribution in [0.15, 0.2) is 10.7 Å². The summed E-state index contributed by atoms with van der Waals surface area (Å²) in [6, 6.07) is 0.398. The van der Waals surface area contributed by atoms with Gasteiger partial charge in [-0.15, -0.1) is 11.6 Å². The van der Waals surface area contributed by atoms with Crippen LogP contribution in [0.4, 0.5) is 0 Å². The van der Waals surface area contributed by atoms with Crippen molar-refractivity contribution in [2.75, 3.05) is 5.88 Å². The summed E-state index contributed by atoms with van der Waals surface area (Å²) in [7, 11) is 0. The van der Waals surface area contributed by atoms with Crippen molar-refractivity contribution in [2.45, 2.75) is 26.3 Å². The minimum atomic E-state index is 0.398. The van der Waals surface area contributed by atoms with Crippen LogP contribution in [0.5, 0.6) is 0 Å². The molecule has 0 amide bonds. The Morgan fingerprint density at radius 3 is 2.83 bits per heavy atom. The van der Waals surface area contributed by atoms with Crippen molar-refractivity contribution in [1.82, 2.24) is 9.78 Å². The number of alkyl halides is 1. The molecule has 2 nitrogen and oxygen atoms in total. The average Bonchev–Trinajstić information content (AvgIpc) is 2.34. The number of halogens is 2. The van der Waals surface area contributed by atoms with Crippen molar-refractivity contribution < 1.29 is 0 Å². The molecule has 0 aliphatic carbocycles. The molecule has 1 aromatic heterocycles. The zero-order valence-electron chi connectivity index (χ0n) is 7.22. The number of rotatable bonds is 3. The van der Waals surface area contributed by atoms with Gasteiger partial charge in [-0.05, 0) is 29.8 Å². The molecule has 0 aromatic carbocycles. The summed E-state index contributed by atoms with van der Waals surface area (Å²) in [4.78, 5) is 0. The van der Waals surface area contributed by atoms with Crippen molar-refractivity contribution in [3.05, 3.63) is 16.4 Å². The average molecular weight is 252 g/mol. The molecule has 0 atom stereocenters. The largest absolute Gasteiger partial charge is 0.266 e. The van der Waals surface area contributed by atoms with Crippen molar-refractivity contribution in [3.63, 3.8) is 0 Å². The normalized spacial score (nSPS) is 11.1. The molecule has 0 bridgehead atoms. The molecule has 0 fully saturated rings. The van der Waals surface area contributed by atoms with Crippen LogP contribution in [0, 0.1) is 0 Å². The third-order valence-electron chi connectivity index (χ3n) is 1.67. The molecule has 0 N–H and O–H groups in total. The molecule has 68 valence electrons. The zero-order valence-corrected chi connectivity index (χ0v) is 9.56. The Morgan fingerprint density at radius 1 is 1.67 bits per heavy atom. The standard InChI is InChI=1S/C8H12BrClN2/c1-6(2)12-8(3-4-10)7(9)5-11-12/h5-6H,3-4H2,1-2H3. The Morgan fingerprint density at radius 2 is 2.33 bits per heavy atom. The Balaban J connectivity index is 2.95. The highest BCUT2D eigenvalue weighted by molar-refractivity contribution is 9.10. The van der Waals surface area contributed by atoms with Crippen molar-refractivity contribution in [1.29, 1.82) is 0 Å². The molecule has 1 rings (SSSR count). The molecule has 1 heterocycles. The van der Waals surface area contributed by atoms with E-state index in [1.54, 1.807) is 0 Å². The van der Waals surface area contributed by atoms with Gasteiger partial charge in [0.1, 0.15) is 0 Å². The quantitative estimate of drug-likeness (QED) is 0.755. The summed E-state index contributed by atoms with van der Waals surface area (Å²) in [5, 5.41) is 4.24. The van der Waals surface area contributed by atoms with E-state index in [-0.39, 0.29) is 0 Å². The summed E-state index contributed by atoms with van der Waals surface area (Å²) in [6.07, 6.45) is 2.68. The zero-order chi connectivity index (χ0) is 9.14. The SMILES string of the molecule is CC(C)n1ncc(Br)c1CCCl. The monoisotopic (exact) mass is 250 g/mol. The number of aromatic nitrogens is 2. The third-order valence-corrected chi connectivity index (χ3v) is 2.52. The molecule has 0 saturated heterocycles. The number of nitrogens with zero attached hydrogens (tertiary/aromatic N) is 2. The first kappa shape index (κ1) is 10.1. The summed E-state index contributed by atoms with van der Waals surface area (Å²) in [5.41, 5.74) is 1.18. The molecule has 12 heavy (non-hydrogen) atoms. The van der Waals surface area contributed by atoms with Crippen LogP contribution in [0.2, 0.25) is 0 Å². The Hall–Kier alpha value is -0.0200. The molecule has 0 radical (unpaired) electrons. The molecule has 0 aliphatic heterocycles. The van der Waals surface area contributed by atoms with Crippen molar-refractivity contribution in [3.8, 4) is 0 Å². The molecular weight excluding hydrogens is 239 g/mol. The fourth-order valence-electron chi connectivity index (χ4n) is 1.13. The topological polar surface area (TPSA) is 17.8 Å². The highest BCUT2D eigenvalue weighted by atomic mass is 79.9. The summed E-state index contributed by atoms with van der Waals surface area (Å²) < 4.78 is 3.05. The maximum atomic E-state index is 5.68. The van der Waals surface area contributed by atoms with E-state index < -0.39 is 0 Å². The van der Waals surface area contributed by atoms with Gasteiger partial charge in [-0.2, -0.15) is 5.10 Å². The Kier molecular flexibility index (Phi) is 3.59. The maximum absolute atomic E-state index is 5.68. The van der Waals surface area contributed by atoms with Crippen LogP contribution < -0.4 is 0 Å². The summed E-state index contributed by atoms with van der Waals surface area (Å²) >= 11 is 9.12. The van der Waals surface area contributed by atoms with Gasteiger partial charge in [0.2, 0.25) is 0 Å². The van der Waals surface area contributed by atoms with Gasteiger partial charge in [-0.25, -0.2) is 0 Å². The Labute approximate surface area is 86.0 Å². The molecule has 0 saturated carbocycles. The predicted octanol–water partition coefficient (Wildman–Crippen LogP) is 3.01. The van der Waals surface area contributed by atoms with E-state index in [0.29, 0.717) is 11.9 Å². The van der Waals surface area contributed by atoms with E-state index >= 15 is 0 Å². The van der Waals surface area contributed by atoms with Gasteiger partial charge in [0, 0.05) is 18.3 Å². The first-order chi connectivity index (χ1) is 5.66. The van der Waals surface area contributed by atoms with Gasteiger partial charge in [-0.3, -0.25) is 4.68 Å². The molecule has 4 heteroatoms. The molecule has 0 aliphatic rings. The van der Waals surface area contributed by atoms with Crippen molar-refractivity contribution >= 4 is 27.5 Å². The second-order valence-electron chi connectivity index (χ2n) is 2.92. The number of hydrogen-bond donors (Lipinski definition) is 0. The first-order valence-corrected chi connectivity index (χ1v) is 5.27. The van der Waals surface area contributed by atoms with Crippen LogP contribution >= 0.6 is 27.5 Å². The van der Waals surface area contributed by atoms with Crippen LogP contribution in [0.3, 0.4) is 0 Å². The smallest absolute Gasteiger partial charge is 0.0635 e. The van der Waals surface area contributed by atoms with E-state index in [1.165, 1.54) is 5.69 Å². The minimum absolute atomic E-state index is 0.398. The fraction of sp³-hybridized carbons (Fsp3) is 0.625. The maximum Gasteiger partial charge on any atom is 0.0635 e. The predicted molar refractivity (Wildman–Crippen MR) is 54.7 cm³/mol. The van der Waals surface area contributed by atoms with E-state index in [4.69, 9.17) is 11.6 Å². The van der Waals surface area contributed by atoms with E-state index in [1.807, 2.05) is 10.9 Å². The molecule has 0 spiro atoms. The van der Waals surface area contributed by atoms with Crippen LogP contribution in [-0.4, -0.2) is 15.7 Å². The van der Waals surface area contributed by atoms with Gasteiger partial charge >= 0.3 is 0 Å². The Bertz CT molecular complexity index is 258. The van der Waals surface area contributed by atoms with E-state index in [9.17, 15) is 0 Å². The molecule has 1 aromatic rings. The van der Waals surface area contributed by atoms with Gasteiger partial charge < -0.3 is 0 Å². The van der Waals surface area contributed by atoms with Gasteiger partial charge in [0.15, 0.2) is 0 Å².